The van der Waals surface area contributed by atoms with E-state index in [0.717, 1.165) is 10.9 Å². The number of rotatable bonds is 22. The van der Waals surface area contributed by atoms with E-state index in [9.17, 15) is 48.6 Å². The Hall–Kier alpha value is -7.33. The highest BCUT2D eigenvalue weighted by Gasteiger charge is 2.35. The summed E-state index contributed by atoms with van der Waals surface area (Å²) in [4.78, 5) is 116. The molecule has 1 aliphatic rings. The highest BCUT2D eigenvalue weighted by molar-refractivity contribution is 5.98. The number of phenolic OH excluding ortho intramolecular Hbond substituents is 1. The highest BCUT2D eigenvalue weighted by atomic mass is 16.3. The Morgan fingerprint density at radius 2 is 1.44 bits per heavy atom. The first kappa shape index (κ1) is 47.7. The van der Waals surface area contributed by atoms with Crippen LogP contribution in [-0.4, -0.2) is 122 Å². The predicted molar refractivity (Wildman–Crippen MR) is 229 cm³/mol. The van der Waals surface area contributed by atoms with Gasteiger partial charge in [0.15, 0.2) is 0 Å². The second-order valence-corrected chi connectivity index (χ2v) is 15.8. The van der Waals surface area contributed by atoms with E-state index in [4.69, 9.17) is 5.84 Å². The first-order valence-corrected chi connectivity index (χ1v) is 20.6. The normalized spacial score (nSPS) is 15.8. The van der Waals surface area contributed by atoms with Gasteiger partial charge in [-0.2, -0.15) is 0 Å². The van der Waals surface area contributed by atoms with Crippen molar-refractivity contribution in [2.45, 2.75) is 88.6 Å². The molecule has 5 rings (SSSR count). The molecule has 1 fully saturated rings. The summed E-state index contributed by atoms with van der Waals surface area (Å²) < 4.78 is 0. The van der Waals surface area contributed by atoms with E-state index in [1.807, 2.05) is 37.5 Å². The number of para-hydroxylation sites is 1. The van der Waals surface area contributed by atoms with Gasteiger partial charge in [-0.25, -0.2) is 10.8 Å². The minimum Gasteiger partial charge on any atom is -0.508 e. The second kappa shape index (κ2) is 22.7. The van der Waals surface area contributed by atoms with Crippen LogP contribution in [0, 0.1) is 5.92 Å². The minimum absolute atomic E-state index is 0.00679. The molecule has 0 saturated carbocycles. The number of aliphatic hydroxyl groups is 1. The number of aliphatic hydroxyl groups excluding tert-OH is 1. The molecule has 0 spiro atoms. The van der Waals surface area contributed by atoms with Gasteiger partial charge < -0.3 is 57.4 Å². The molecule has 3 heterocycles. The molecular weight excluding hydrogens is 833 g/mol. The van der Waals surface area contributed by atoms with Crippen LogP contribution in [0.25, 0.3) is 10.9 Å². The highest BCUT2D eigenvalue weighted by Crippen LogP contribution is 2.20. The van der Waals surface area contributed by atoms with Gasteiger partial charge in [0.05, 0.1) is 19.5 Å². The molecule has 6 atom stereocenters. The van der Waals surface area contributed by atoms with Crippen LogP contribution in [0.15, 0.2) is 67.3 Å². The number of H-pyrrole nitrogens is 2. The van der Waals surface area contributed by atoms with E-state index in [-0.39, 0.29) is 56.1 Å². The number of aromatic hydroxyl groups is 1. The van der Waals surface area contributed by atoms with Gasteiger partial charge in [-0.1, -0.05) is 44.2 Å². The summed E-state index contributed by atoms with van der Waals surface area (Å²) in [5, 5.41) is 38.9. The van der Waals surface area contributed by atoms with Crippen molar-refractivity contribution < 1.29 is 48.6 Å². The van der Waals surface area contributed by atoms with Gasteiger partial charge in [-0.05, 0) is 48.1 Å². The molecule has 0 unspecified atom stereocenters. The number of imidazole rings is 1. The van der Waals surface area contributed by atoms with Crippen molar-refractivity contribution in [3.63, 3.8) is 0 Å². The SMILES string of the molecule is CC(C)C[C@H](NC(=O)CNC(=O)[C@H](Cc1ccc(O)cc1)NC(=O)[C@H](CO)NC(=O)[C@H](Cc1c[nH]c2ccccc12)NC(=O)[C@H](Cc1cnc[nH]1)NC(=O)[C@@H]1CCC(=O)N1)C(=O)NN. The quantitative estimate of drug-likeness (QED) is 0.0221. The summed E-state index contributed by atoms with van der Waals surface area (Å²) in [6.07, 6.45) is 4.76. The zero-order valence-electron chi connectivity index (χ0n) is 35.2. The lowest BCUT2D eigenvalue weighted by atomic mass is 10.0. The molecule has 0 radical (unpaired) electrons. The van der Waals surface area contributed by atoms with Crippen LogP contribution in [0.5, 0.6) is 5.75 Å². The number of hydrazine groups is 1. The summed E-state index contributed by atoms with van der Waals surface area (Å²) in [6, 6.07) is 5.38. The van der Waals surface area contributed by atoms with Crippen LogP contribution in [0.1, 0.15) is 49.9 Å². The molecule has 22 nitrogen and oxygen atoms in total. The largest absolute Gasteiger partial charge is 0.508 e. The Labute approximate surface area is 367 Å². The number of nitrogens with one attached hydrogen (secondary N) is 10. The number of amides is 8. The fourth-order valence-electron chi connectivity index (χ4n) is 7.07. The van der Waals surface area contributed by atoms with Crippen LogP contribution in [-0.2, 0) is 57.6 Å². The van der Waals surface area contributed by atoms with Gasteiger partial charge in [0.1, 0.15) is 42.0 Å². The molecule has 1 saturated heterocycles. The molecular formula is C42H54N12O10. The number of nitrogens with zero attached hydrogens (tertiary/aromatic N) is 1. The molecule has 342 valence electrons. The first-order chi connectivity index (χ1) is 30.6. The second-order valence-electron chi connectivity index (χ2n) is 15.8. The number of carbonyl (C=O) groups is 8. The lowest BCUT2D eigenvalue weighted by Crippen LogP contribution is -2.60. The Balaban J connectivity index is 1.34. The van der Waals surface area contributed by atoms with Crippen LogP contribution in [0.4, 0.5) is 0 Å². The standard InChI is InChI=1S/C42H54N12O10/c1-22(2)13-30(42(64)54-43)49-36(58)19-46-37(59)31(14-23-7-9-26(56)10-8-23)50-41(63)34(20-55)53-39(61)32(15-24-17-45-28-6-4-3-5-27(24)28)51-40(62)33(16-25-18-44-21-47-25)52-38(60)29-11-12-35(57)48-29/h3-10,17-18,21-22,29-34,45,55-56H,11-16,19-20,43H2,1-2H3,(H,44,47)(H,46,59)(H,48,57)(H,49,58)(H,50,63)(H,51,62)(H,52,60)(H,53,61)(H,54,64)/t29-,30-,31-,32-,33-,34-/m0/s1. The first-order valence-electron chi connectivity index (χ1n) is 20.6. The smallest absolute Gasteiger partial charge is 0.256 e. The number of hydrogen-bond donors (Lipinski definition) is 13. The van der Waals surface area contributed by atoms with E-state index in [2.05, 4.69) is 52.2 Å². The maximum Gasteiger partial charge on any atom is 0.256 e. The lowest BCUT2D eigenvalue weighted by molar-refractivity contribution is -0.135. The summed E-state index contributed by atoms with van der Waals surface area (Å²) in [5.41, 5.74) is 4.31. The number of hydrogen-bond acceptors (Lipinski definition) is 12. The van der Waals surface area contributed by atoms with Gasteiger partial charge in [-0.3, -0.25) is 43.8 Å². The molecule has 4 aromatic rings. The van der Waals surface area contributed by atoms with Crippen molar-refractivity contribution in [3.05, 3.63) is 84.1 Å². The third kappa shape index (κ3) is 13.6. The Morgan fingerprint density at radius 3 is 2.06 bits per heavy atom. The van der Waals surface area contributed by atoms with Crippen molar-refractivity contribution in [1.82, 2.24) is 57.6 Å². The molecule has 1 aliphatic heterocycles. The summed E-state index contributed by atoms with van der Waals surface area (Å²) in [7, 11) is 0. The number of nitrogens with two attached hydrogens (primary N) is 1. The third-order valence-corrected chi connectivity index (χ3v) is 10.4. The maximum absolute atomic E-state index is 14.2. The van der Waals surface area contributed by atoms with Crippen LogP contribution in [0.2, 0.25) is 0 Å². The van der Waals surface area contributed by atoms with E-state index in [1.165, 1.54) is 36.8 Å². The van der Waals surface area contributed by atoms with Crippen molar-refractivity contribution in [2.24, 2.45) is 11.8 Å². The van der Waals surface area contributed by atoms with E-state index >= 15 is 0 Å². The van der Waals surface area contributed by atoms with Crippen molar-refractivity contribution >= 4 is 58.2 Å². The van der Waals surface area contributed by atoms with Crippen molar-refractivity contribution in [1.29, 1.82) is 0 Å². The van der Waals surface area contributed by atoms with Gasteiger partial charge in [-0.15, -0.1) is 0 Å². The van der Waals surface area contributed by atoms with Crippen molar-refractivity contribution in [3.8, 4) is 5.75 Å². The summed E-state index contributed by atoms with van der Waals surface area (Å²) in [5.74, 6) is -0.593. The lowest BCUT2D eigenvalue weighted by Gasteiger charge is -2.26. The van der Waals surface area contributed by atoms with E-state index in [0.29, 0.717) is 16.8 Å². The van der Waals surface area contributed by atoms with Crippen LogP contribution < -0.4 is 48.5 Å². The van der Waals surface area contributed by atoms with E-state index < -0.39 is 90.8 Å². The number of phenols is 1. The summed E-state index contributed by atoms with van der Waals surface area (Å²) >= 11 is 0. The molecule has 22 heteroatoms. The Bertz CT molecular complexity index is 2280. The topological polar surface area (TPSA) is 344 Å². The fourth-order valence-corrected chi connectivity index (χ4v) is 7.07. The van der Waals surface area contributed by atoms with Crippen LogP contribution in [0.3, 0.4) is 0 Å². The fraction of sp³-hybridized carbons (Fsp3) is 0.405. The number of fused-ring (bicyclic) bond motifs is 1. The minimum atomic E-state index is -1.67. The monoisotopic (exact) mass is 886 g/mol. The average Bonchev–Trinajstić information content (AvgIpc) is 4.06. The predicted octanol–water partition coefficient (Wildman–Crippen LogP) is -2.53. The summed E-state index contributed by atoms with van der Waals surface area (Å²) in [6.45, 7) is 2.13. The average molecular weight is 887 g/mol. The molecule has 64 heavy (non-hydrogen) atoms. The Kier molecular flexibility index (Phi) is 16.9. The van der Waals surface area contributed by atoms with Gasteiger partial charge in [0.25, 0.3) is 5.91 Å². The van der Waals surface area contributed by atoms with E-state index in [1.54, 1.807) is 12.3 Å². The zero-order chi connectivity index (χ0) is 46.3. The number of carbonyl (C=O) groups excluding carboxylic acids is 8. The maximum atomic E-state index is 14.2. The third-order valence-electron chi connectivity index (χ3n) is 10.4. The zero-order valence-corrected chi connectivity index (χ0v) is 35.2. The van der Waals surface area contributed by atoms with Crippen molar-refractivity contribution in [2.75, 3.05) is 13.2 Å². The molecule has 0 aliphatic carbocycles. The van der Waals surface area contributed by atoms with Gasteiger partial charge in [0, 0.05) is 54.7 Å². The number of aromatic nitrogens is 3. The molecule has 8 amide bonds. The molecule has 2 aromatic carbocycles. The molecule has 2 aromatic heterocycles. The number of benzene rings is 2. The Morgan fingerprint density at radius 1 is 0.781 bits per heavy atom. The van der Waals surface area contributed by atoms with Crippen LogP contribution >= 0.6 is 0 Å². The molecule has 14 N–H and O–H groups in total. The van der Waals surface area contributed by atoms with Gasteiger partial charge in [0.2, 0.25) is 41.4 Å². The van der Waals surface area contributed by atoms with Gasteiger partial charge >= 0.3 is 0 Å². The molecule has 0 bridgehead atoms. The number of aromatic amines is 2.